The Kier molecular flexibility index (Phi) is 5.60. The van der Waals surface area contributed by atoms with Crippen molar-refractivity contribution in [2.45, 2.75) is 25.4 Å². The SMILES string of the molecule is c1cncc(C2CCCN2c2nc(CN3CCOCC3)nc3scc(-c4cccs4)c23)c1. The molecule has 0 aromatic carbocycles. The summed E-state index contributed by atoms with van der Waals surface area (Å²) in [5.41, 5.74) is 2.52. The molecule has 2 aliphatic heterocycles. The predicted octanol–water partition coefficient (Wildman–Crippen LogP) is 4.99. The van der Waals surface area contributed by atoms with Crippen LogP contribution in [-0.4, -0.2) is 52.7 Å². The van der Waals surface area contributed by atoms with Gasteiger partial charge in [-0.05, 0) is 35.9 Å². The topological polar surface area (TPSA) is 54.4 Å². The van der Waals surface area contributed by atoms with E-state index in [9.17, 15) is 0 Å². The highest BCUT2D eigenvalue weighted by Gasteiger charge is 2.31. The van der Waals surface area contributed by atoms with Gasteiger partial charge in [0.25, 0.3) is 0 Å². The Hall–Kier alpha value is -2.39. The van der Waals surface area contributed by atoms with Crippen molar-refractivity contribution in [3.05, 3.63) is 58.8 Å². The van der Waals surface area contributed by atoms with Crippen LogP contribution in [0.15, 0.2) is 47.4 Å². The van der Waals surface area contributed by atoms with Crippen LogP contribution >= 0.6 is 22.7 Å². The predicted molar refractivity (Wildman–Crippen MR) is 130 cm³/mol. The molecule has 0 saturated carbocycles. The lowest BCUT2D eigenvalue weighted by atomic mass is 10.1. The number of anilines is 1. The zero-order valence-corrected chi connectivity index (χ0v) is 19.4. The maximum atomic E-state index is 5.53. The van der Waals surface area contributed by atoms with Crippen LogP contribution in [0.1, 0.15) is 30.3 Å². The molecule has 4 aromatic heterocycles. The number of thiophene rings is 2. The second kappa shape index (κ2) is 8.86. The normalized spacial score (nSPS) is 19.8. The molecule has 2 fully saturated rings. The van der Waals surface area contributed by atoms with Gasteiger partial charge in [-0.1, -0.05) is 12.1 Å². The first-order valence-corrected chi connectivity index (χ1v) is 12.9. The fraction of sp³-hybridized carbons (Fsp3) is 0.375. The van der Waals surface area contributed by atoms with Crippen molar-refractivity contribution in [1.29, 1.82) is 0 Å². The van der Waals surface area contributed by atoms with Crippen LogP contribution in [0.4, 0.5) is 5.82 Å². The molecule has 0 radical (unpaired) electrons. The molecule has 164 valence electrons. The van der Waals surface area contributed by atoms with E-state index in [1.165, 1.54) is 21.4 Å². The molecular weight excluding hydrogens is 438 g/mol. The molecule has 0 bridgehead atoms. The van der Waals surface area contributed by atoms with Gasteiger partial charge >= 0.3 is 0 Å². The summed E-state index contributed by atoms with van der Waals surface area (Å²) in [6.07, 6.45) is 6.13. The zero-order valence-electron chi connectivity index (χ0n) is 17.8. The first-order valence-electron chi connectivity index (χ1n) is 11.2. The maximum Gasteiger partial charge on any atom is 0.146 e. The van der Waals surface area contributed by atoms with Crippen LogP contribution in [0.2, 0.25) is 0 Å². The van der Waals surface area contributed by atoms with Crippen LogP contribution in [-0.2, 0) is 11.3 Å². The molecule has 2 saturated heterocycles. The van der Waals surface area contributed by atoms with E-state index in [4.69, 9.17) is 14.7 Å². The number of pyridine rings is 1. The van der Waals surface area contributed by atoms with Crippen molar-refractivity contribution in [2.75, 3.05) is 37.7 Å². The van der Waals surface area contributed by atoms with Gasteiger partial charge in [0.2, 0.25) is 0 Å². The minimum Gasteiger partial charge on any atom is -0.379 e. The summed E-state index contributed by atoms with van der Waals surface area (Å²) in [7, 11) is 0. The Morgan fingerprint density at radius 1 is 1.06 bits per heavy atom. The number of ether oxygens (including phenoxy) is 1. The highest BCUT2D eigenvalue weighted by molar-refractivity contribution is 7.18. The summed E-state index contributed by atoms with van der Waals surface area (Å²) in [6.45, 7) is 5.21. The third-order valence-corrected chi connectivity index (χ3v) is 8.09. The molecule has 1 unspecified atom stereocenters. The van der Waals surface area contributed by atoms with Crippen LogP contribution in [0.25, 0.3) is 20.7 Å². The van der Waals surface area contributed by atoms with E-state index >= 15 is 0 Å². The Morgan fingerprint density at radius 3 is 2.81 bits per heavy atom. The van der Waals surface area contributed by atoms with Gasteiger partial charge in [0.15, 0.2) is 0 Å². The summed E-state index contributed by atoms with van der Waals surface area (Å²) in [6, 6.07) is 8.84. The smallest absolute Gasteiger partial charge is 0.146 e. The minimum atomic E-state index is 0.300. The molecule has 2 aliphatic rings. The average molecular weight is 464 g/mol. The number of hydrogen-bond acceptors (Lipinski definition) is 8. The number of aromatic nitrogens is 3. The van der Waals surface area contributed by atoms with Gasteiger partial charge in [-0.2, -0.15) is 0 Å². The molecule has 6 rings (SSSR count). The molecule has 0 amide bonds. The number of fused-ring (bicyclic) bond motifs is 1. The second-order valence-electron chi connectivity index (χ2n) is 8.30. The van der Waals surface area contributed by atoms with Crippen molar-refractivity contribution in [1.82, 2.24) is 19.9 Å². The van der Waals surface area contributed by atoms with Crippen LogP contribution in [0.3, 0.4) is 0 Å². The number of nitrogens with zero attached hydrogens (tertiary/aromatic N) is 5. The van der Waals surface area contributed by atoms with Crippen molar-refractivity contribution >= 4 is 38.7 Å². The molecule has 0 spiro atoms. The quantitative estimate of drug-likeness (QED) is 0.416. The van der Waals surface area contributed by atoms with Crippen molar-refractivity contribution in [3.63, 3.8) is 0 Å². The molecule has 32 heavy (non-hydrogen) atoms. The van der Waals surface area contributed by atoms with Crippen LogP contribution in [0, 0.1) is 0 Å². The lowest BCUT2D eigenvalue weighted by molar-refractivity contribution is 0.0331. The van der Waals surface area contributed by atoms with Crippen LogP contribution in [0.5, 0.6) is 0 Å². The largest absolute Gasteiger partial charge is 0.379 e. The Morgan fingerprint density at radius 2 is 2.00 bits per heavy atom. The molecule has 4 aromatic rings. The van der Waals surface area contributed by atoms with Crippen LogP contribution < -0.4 is 4.90 Å². The first-order chi connectivity index (χ1) is 15.9. The van der Waals surface area contributed by atoms with E-state index in [2.05, 4.69) is 43.7 Å². The Balaban J connectivity index is 1.46. The van der Waals surface area contributed by atoms with Gasteiger partial charge in [-0.3, -0.25) is 9.88 Å². The molecule has 0 aliphatic carbocycles. The lowest BCUT2D eigenvalue weighted by Gasteiger charge is -2.29. The van der Waals surface area contributed by atoms with Gasteiger partial charge in [-0.15, -0.1) is 22.7 Å². The third kappa shape index (κ3) is 3.81. The summed E-state index contributed by atoms with van der Waals surface area (Å²) in [5, 5.41) is 5.59. The minimum absolute atomic E-state index is 0.300. The van der Waals surface area contributed by atoms with Gasteiger partial charge in [0, 0.05) is 47.8 Å². The zero-order chi connectivity index (χ0) is 21.3. The number of morpholine rings is 1. The third-order valence-electron chi connectivity index (χ3n) is 6.31. The van der Waals surface area contributed by atoms with Gasteiger partial charge in [0.1, 0.15) is 16.5 Å². The average Bonchev–Trinajstić information content (AvgIpc) is 3.60. The molecule has 6 nitrogen and oxygen atoms in total. The number of hydrogen-bond donors (Lipinski definition) is 0. The van der Waals surface area contributed by atoms with E-state index in [0.29, 0.717) is 6.04 Å². The molecule has 8 heteroatoms. The van der Waals surface area contributed by atoms with Crippen molar-refractivity contribution in [3.8, 4) is 10.4 Å². The summed E-state index contributed by atoms with van der Waals surface area (Å²) < 4.78 is 5.53. The van der Waals surface area contributed by atoms with Gasteiger partial charge < -0.3 is 9.64 Å². The maximum absolute atomic E-state index is 5.53. The number of rotatable bonds is 5. The van der Waals surface area contributed by atoms with Gasteiger partial charge in [-0.25, -0.2) is 9.97 Å². The first kappa shape index (κ1) is 20.2. The lowest BCUT2D eigenvalue weighted by Crippen LogP contribution is -2.36. The molecule has 6 heterocycles. The summed E-state index contributed by atoms with van der Waals surface area (Å²) in [4.78, 5) is 21.9. The van der Waals surface area contributed by atoms with Crippen molar-refractivity contribution < 1.29 is 4.74 Å². The highest BCUT2D eigenvalue weighted by Crippen LogP contribution is 2.44. The molecule has 1 atom stereocenters. The van der Waals surface area contributed by atoms with E-state index in [-0.39, 0.29) is 0 Å². The summed E-state index contributed by atoms with van der Waals surface area (Å²) in [5.74, 6) is 1.99. The van der Waals surface area contributed by atoms with E-state index in [0.717, 1.165) is 68.7 Å². The monoisotopic (exact) mass is 463 g/mol. The standard InChI is InChI=1S/C24H25N5OS2/c1-4-17(14-25-7-1)19-5-2-8-29(19)23-22-18(20-6-3-13-31-20)16-32-24(22)27-21(26-23)15-28-9-11-30-12-10-28/h1,3-4,6-7,13-14,16,19H,2,5,8-12,15H2. The second-order valence-corrected chi connectivity index (χ2v) is 10.1. The van der Waals surface area contributed by atoms with E-state index in [1.807, 2.05) is 18.5 Å². The van der Waals surface area contributed by atoms with Gasteiger partial charge in [0.05, 0.1) is 31.2 Å². The molecule has 0 N–H and O–H groups in total. The highest BCUT2D eigenvalue weighted by atomic mass is 32.1. The Bertz CT molecular complexity index is 1190. The molecular formula is C24H25N5OS2. The van der Waals surface area contributed by atoms with E-state index < -0.39 is 0 Å². The summed E-state index contributed by atoms with van der Waals surface area (Å²) >= 11 is 3.51. The van der Waals surface area contributed by atoms with E-state index in [1.54, 1.807) is 22.7 Å². The fourth-order valence-electron chi connectivity index (χ4n) is 4.76. The van der Waals surface area contributed by atoms with Crippen molar-refractivity contribution in [2.24, 2.45) is 0 Å². The Labute approximate surface area is 195 Å². The fourth-order valence-corrected chi connectivity index (χ4v) is 6.53.